The van der Waals surface area contributed by atoms with Crippen LogP contribution in [0, 0.1) is 12.3 Å². The summed E-state index contributed by atoms with van der Waals surface area (Å²) < 4.78 is 0. The van der Waals surface area contributed by atoms with Gasteiger partial charge in [-0.25, -0.2) is 4.98 Å². The van der Waals surface area contributed by atoms with Gasteiger partial charge in [0, 0.05) is 69.8 Å². The quantitative estimate of drug-likeness (QED) is 0.0821. The fourth-order valence-corrected chi connectivity index (χ4v) is 9.12. The van der Waals surface area contributed by atoms with Gasteiger partial charge in [0.1, 0.15) is 17.8 Å². The zero-order valence-corrected chi connectivity index (χ0v) is 37.4. The first kappa shape index (κ1) is 45.3. The fourth-order valence-electron chi connectivity index (χ4n) is 8.31. The molecule has 0 unspecified atom stereocenters. The summed E-state index contributed by atoms with van der Waals surface area (Å²) in [5.41, 5.74) is 14.4. The van der Waals surface area contributed by atoms with Gasteiger partial charge in [-0.15, -0.1) is 21.5 Å². The van der Waals surface area contributed by atoms with Gasteiger partial charge in [0.2, 0.25) is 17.7 Å². The number of aliphatic hydroxyl groups excluding tert-OH is 1. The second-order valence-corrected chi connectivity index (χ2v) is 18.6. The van der Waals surface area contributed by atoms with Gasteiger partial charge in [-0.3, -0.25) is 19.3 Å². The highest BCUT2D eigenvalue weighted by Crippen LogP contribution is 2.33. The number of amides is 3. The van der Waals surface area contributed by atoms with Crippen LogP contribution in [0.25, 0.3) is 32.8 Å². The number of unbranched alkanes of at least 4 members (excludes halogenated alkanes) is 1. The van der Waals surface area contributed by atoms with E-state index >= 15 is 0 Å². The van der Waals surface area contributed by atoms with Crippen LogP contribution in [-0.4, -0.2) is 115 Å². The Balaban J connectivity index is 0.833. The highest BCUT2D eigenvalue weighted by atomic mass is 32.1. The lowest BCUT2D eigenvalue weighted by molar-refractivity contribution is -0.144. The molecule has 3 atom stereocenters. The molecule has 15 heteroatoms. The highest BCUT2D eigenvalue weighted by Gasteiger charge is 2.44. The number of nitrogens with zero attached hydrogens (tertiary/aromatic N) is 6. The number of nitrogen functional groups attached to an aromatic ring is 1. The summed E-state index contributed by atoms with van der Waals surface area (Å²) in [5, 5.41) is 35.2. The van der Waals surface area contributed by atoms with E-state index in [2.05, 4.69) is 47.7 Å². The number of benzene rings is 3. The van der Waals surface area contributed by atoms with E-state index in [1.54, 1.807) is 29.5 Å². The summed E-state index contributed by atoms with van der Waals surface area (Å²) in [7, 11) is 0. The van der Waals surface area contributed by atoms with Crippen molar-refractivity contribution in [1.82, 2.24) is 40.5 Å². The molecule has 0 saturated carbocycles. The molecule has 6 N–H and O–H groups in total. The Labute approximate surface area is 373 Å². The monoisotopic (exact) mass is 873 g/mol. The van der Waals surface area contributed by atoms with Crippen molar-refractivity contribution >= 4 is 34.9 Å². The van der Waals surface area contributed by atoms with E-state index in [-0.39, 0.29) is 43.0 Å². The molecular weight excluding hydrogens is 815 g/mol. The molecule has 3 amide bonds. The number of hydrogen-bond acceptors (Lipinski definition) is 12. The lowest BCUT2D eigenvalue weighted by atomic mass is 9.85. The van der Waals surface area contributed by atoms with Crippen molar-refractivity contribution in [2.45, 2.75) is 84.7 Å². The molecule has 4 heterocycles. The first-order chi connectivity index (χ1) is 30.2. The van der Waals surface area contributed by atoms with Crippen LogP contribution in [0.15, 0.2) is 84.4 Å². The highest BCUT2D eigenvalue weighted by molar-refractivity contribution is 7.13. The van der Waals surface area contributed by atoms with Crippen LogP contribution in [0.1, 0.15) is 63.3 Å². The van der Waals surface area contributed by atoms with Gasteiger partial charge in [0.05, 0.1) is 27.9 Å². The first-order valence-corrected chi connectivity index (χ1v) is 22.6. The SMILES string of the molecule is Cc1ncsc1-c1ccc(CNC(=O)[C@@H]2C[C@@H](O)CN2C(=O)[C@@H](NC(=O)CCCCN2CCN(Cc3ccc(-c4cc(-c5ccccc5O)nnc4N)cc3)CC2)C(C)(C)C)cc1. The normalized spacial score (nSPS) is 17.7. The zero-order valence-electron chi connectivity index (χ0n) is 36.6. The van der Waals surface area contributed by atoms with Crippen LogP contribution in [0.5, 0.6) is 5.75 Å². The molecule has 0 bridgehead atoms. The predicted molar refractivity (Wildman–Crippen MR) is 246 cm³/mol. The Morgan fingerprint density at radius 3 is 2.25 bits per heavy atom. The number of carbonyl (C=O) groups is 3. The van der Waals surface area contributed by atoms with Crippen LogP contribution >= 0.6 is 11.3 Å². The van der Waals surface area contributed by atoms with Crippen LogP contribution in [-0.2, 0) is 27.5 Å². The minimum atomic E-state index is -0.855. The summed E-state index contributed by atoms with van der Waals surface area (Å²) in [6.45, 7) is 13.5. The van der Waals surface area contributed by atoms with Crippen LogP contribution in [0.3, 0.4) is 0 Å². The van der Waals surface area contributed by atoms with E-state index in [1.165, 1.54) is 10.5 Å². The number of nitrogens with one attached hydrogen (secondary N) is 2. The Morgan fingerprint density at radius 1 is 0.889 bits per heavy atom. The van der Waals surface area contributed by atoms with E-state index in [0.717, 1.165) is 78.5 Å². The number of thiazole rings is 1. The van der Waals surface area contributed by atoms with E-state index in [1.807, 2.05) is 81.7 Å². The number of para-hydroxylation sites is 1. The maximum absolute atomic E-state index is 14.1. The van der Waals surface area contributed by atoms with Crippen LogP contribution in [0.4, 0.5) is 5.82 Å². The molecule has 14 nitrogen and oxygen atoms in total. The second kappa shape index (κ2) is 20.2. The lowest BCUT2D eigenvalue weighted by Crippen LogP contribution is -2.57. The molecule has 3 aromatic carbocycles. The zero-order chi connectivity index (χ0) is 44.7. The van der Waals surface area contributed by atoms with Gasteiger partial charge in [-0.05, 0) is 72.2 Å². The van der Waals surface area contributed by atoms with Crippen molar-refractivity contribution < 1.29 is 24.6 Å². The van der Waals surface area contributed by atoms with Crippen molar-refractivity contribution in [1.29, 1.82) is 0 Å². The van der Waals surface area contributed by atoms with Crippen LogP contribution in [0.2, 0.25) is 0 Å². The van der Waals surface area contributed by atoms with Crippen molar-refractivity contribution in [3.05, 3.63) is 101 Å². The van der Waals surface area contributed by atoms with E-state index in [0.29, 0.717) is 29.9 Å². The van der Waals surface area contributed by atoms with Gasteiger partial charge >= 0.3 is 0 Å². The molecule has 0 spiro atoms. The Bertz CT molecular complexity index is 2360. The number of hydrogen-bond donors (Lipinski definition) is 5. The third-order valence-corrected chi connectivity index (χ3v) is 13.0. The van der Waals surface area contributed by atoms with Crippen molar-refractivity contribution in [2.24, 2.45) is 5.41 Å². The first-order valence-electron chi connectivity index (χ1n) is 21.7. The van der Waals surface area contributed by atoms with E-state index in [4.69, 9.17) is 5.73 Å². The number of aromatic nitrogens is 3. The molecule has 5 aromatic rings. The summed E-state index contributed by atoms with van der Waals surface area (Å²) in [4.78, 5) is 52.6. The van der Waals surface area contributed by atoms with Gasteiger partial charge in [0.15, 0.2) is 5.82 Å². The Hall–Kier alpha value is -5.74. The van der Waals surface area contributed by atoms with Gasteiger partial charge in [-0.2, -0.15) is 0 Å². The molecule has 0 aliphatic carbocycles. The minimum Gasteiger partial charge on any atom is -0.507 e. The smallest absolute Gasteiger partial charge is 0.246 e. The number of phenols is 1. The molecule has 0 radical (unpaired) electrons. The Kier molecular flexibility index (Phi) is 14.5. The molecule has 2 fully saturated rings. The maximum atomic E-state index is 14.1. The molecule has 2 aromatic heterocycles. The topological polar surface area (TPSA) is 190 Å². The number of likely N-dealkylation sites (tertiary alicyclic amines) is 1. The number of β-amino-alcohol motifs (C(OH)–C–C–N with tert-alkyl or cyclic N) is 1. The summed E-state index contributed by atoms with van der Waals surface area (Å²) >= 11 is 1.59. The van der Waals surface area contributed by atoms with Crippen LogP contribution < -0.4 is 16.4 Å². The van der Waals surface area contributed by atoms with Gasteiger partial charge in [0.25, 0.3) is 0 Å². The van der Waals surface area contributed by atoms with Crippen molar-refractivity contribution in [3.63, 3.8) is 0 Å². The number of piperazine rings is 1. The van der Waals surface area contributed by atoms with E-state index < -0.39 is 23.6 Å². The van der Waals surface area contributed by atoms with Gasteiger partial charge in [-0.1, -0.05) is 81.4 Å². The van der Waals surface area contributed by atoms with E-state index in [9.17, 15) is 24.6 Å². The summed E-state index contributed by atoms with van der Waals surface area (Å²) in [5.74, 6) is -0.424. The molecule has 2 saturated heterocycles. The average Bonchev–Trinajstić information content (AvgIpc) is 3.89. The third-order valence-electron chi connectivity index (χ3n) is 12.0. The Morgan fingerprint density at radius 2 is 1.57 bits per heavy atom. The number of aryl methyl sites for hydroxylation is 1. The molecular formula is C48H59N9O5S. The number of aromatic hydroxyl groups is 1. The minimum absolute atomic E-state index is 0.0330. The lowest BCUT2D eigenvalue weighted by Gasteiger charge is -2.35. The number of aliphatic hydroxyl groups is 1. The predicted octanol–water partition coefficient (Wildman–Crippen LogP) is 5.63. The molecule has 332 valence electrons. The van der Waals surface area contributed by atoms with Gasteiger partial charge < -0.3 is 36.4 Å². The maximum Gasteiger partial charge on any atom is 0.246 e. The molecule has 2 aliphatic rings. The number of nitrogens with two attached hydrogens (primary N) is 1. The molecule has 2 aliphatic heterocycles. The van der Waals surface area contributed by atoms with Crippen molar-refractivity contribution in [2.75, 3.05) is 45.0 Å². The van der Waals surface area contributed by atoms with Crippen molar-refractivity contribution in [3.8, 4) is 38.6 Å². The molecule has 63 heavy (non-hydrogen) atoms. The number of rotatable bonds is 15. The third kappa shape index (κ3) is 11.5. The summed E-state index contributed by atoms with van der Waals surface area (Å²) in [6, 6.07) is 23.5. The number of phenolic OH excluding ortho intramolecular Hbond substituents is 1. The average molecular weight is 874 g/mol. The summed E-state index contributed by atoms with van der Waals surface area (Å²) in [6.07, 6.45) is 1.14. The number of carbonyl (C=O) groups excluding carboxylic acids is 3. The second-order valence-electron chi connectivity index (χ2n) is 17.8. The standard InChI is InChI=1S/C48H59N9O5S/c1-31-43(63-30-51-31)35-18-12-32(13-19-35)27-50-46(61)40-25-36(58)29-57(40)47(62)44(48(2,3)4)52-42(60)11-7-8-20-55-21-23-56(24-22-55)28-33-14-16-34(17-15-33)38-26-39(53-54-45(38)49)37-9-5-6-10-41(37)59/h5-6,9-10,12-19,26,30,36,40,44,58-59H,7-8,11,20-25,27-29H2,1-4H3,(H2,49,54)(H,50,61)(H,52,60)/t36-,40+,44-/m1/s1. The fraction of sp³-hybridized carbons (Fsp3) is 0.417. The number of anilines is 1. The largest absolute Gasteiger partial charge is 0.507 e. The molecule has 7 rings (SSSR count).